The van der Waals surface area contributed by atoms with Crippen molar-refractivity contribution in [2.45, 2.75) is 25.4 Å². The maximum atomic E-state index is 12.1. The molecule has 3 unspecified atom stereocenters. The summed E-state index contributed by atoms with van der Waals surface area (Å²) in [6.07, 6.45) is 0.733. The second-order valence-electron chi connectivity index (χ2n) is 4.52. The number of rotatable bonds is 2. The third-order valence-corrected chi connectivity index (χ3v) is 3.52. The lowest BCUT2D eigenvalue weighted by atomic mass is 9.98. The van der Waals surface area contributed by atoms with Gasteiger partial charge < -0.3 is 4.79 Å². The molecule has 0 radical (unpaired) electrons. The molecule has 0 aliphatic carbocycles. The van der Waals surface area contributed by atoms with Gasteiger partial charge in [-0.25, -0.2) is 10.0 Å². The number of fused-ring (bicyclic) bond motifs is 1. The molecule has 2 saturated heterocycles. The standard InChI is InChI=1S/C10H15N3O3/c1-6-4-12-8(15)10(2,11-3)9(16)13(12)7(6)5-14/h5-7,11H,4H2,1-3H3. The molecule has 0 bridgehead atoms. The highest BCUT2D eigenvalue weighted by atomic mass is 16.2. The number of carbonyl (C=O) groups excluding carboxylic acids is 3. The van der Waals surface area contributed by atoms with Crippen LogP contribution < -0.4 is 5.32 Å². The van der Waals surface area contributed by atoms with E-state index in [1.54, 1.807) is 14.0 Å². The topological polar surface area (TPSA) is 69.7 Å². The maximum absolute atomic E-state index is 12.1. The van der Waals surface area contributed by atoms with E-state index >= 15 is 0 Å². The highest BCUT2D eigenvalue weighted by molar-refractivity contribution is 6.14. The first-order valence-corrected chi connectivity index (χ1v) is 5.27. The normalized spacial score (nSPS) is 38.2. The smallest absolute Gasteiger partial charge is 0.271 e. The molecule has 2 aliphatic heterocycles. The van der Waals surface area contributed by atoms with Crippen LogP contribution in [0.25, 0.3) is 0 Å². The third kappa shape index (κ3) is 1.07. The second kappa shape index (κ2) is 3.28. The third-order valence-electron chi connectivity index (χ3n) is 3.52. The van der Waals surface area contributed by atoms with Gasteiger partial charge in [-0.3, -0.25) is 14.9 Å². The fourth-order valence-electron chi connectivity index (χ4n) is 2.28. The largest absolute Gasteiger partial charge is 0.301 e. The summed E-state index contributed by atoms with van der Waals surface area (Å²) in [5.74, 6) is -0.635. The monoisotopic (exact) mass is 225 g/mol. The van der Waals surface area contributed by atoms with Crippen LogP contribution in [0, 0.1) is 5.92 Å². The highest BCUT2D eigenvalue weighted by Crippen LogP contribution is 2.33. The first-order valence-electron chi connectivity index (χ1n) is 5.27. The minimum absolute atomic E-state index is 0.00759. The van der Waals surface area contributed by atoms with Gasteiger partial charge in [-0.1, -0.05) is 6.92 Å². The van der Waals surface area contributed by atoms with Crippen molar-refractivity contribution in [1.82, 2.24) is 15.3 Å². The van der Waals surface area contributed by atoms with Crippen LogP contribution in [0.1, 0.15) is 13.8 Å². The van der Waals surface area contributed by atoms with Crippen LogP contribution >= 0.6 is 0 Å². The van der Waals surface area contributed by atoms with Crippen molar-refractivity contribution >= 4 is 18.1 Å². The molecule has 2 amide bonds. The number of carbonyl (C=O) groups is 3. The first kappa shape index (κ1) is 11.1. The Morgan fingerprint density at radius 3 is 2.56 bits per heavy atom. The molecule has 1 N–H and O–H groups in total. The molecule has 0 saturated carbocycles. The number of hydrogen-bond acceptors (Lipinski definition) is 4. The number of hydrazine groups is 1. The highest BCUT2D eigenvalue weighted by Gasteiger charge is 2.60. The lowest BCUT2D eigenvalue weighted by molar-refractivity contribution is -0.146. The van der Waals surface area contributed by atoms with Gasteiger partial charge in [0.05, 0.1) is 0 Å². The van der Waals surface area contributed by atoms with E-state index in [2.05, 4.69) is 5.32 Å². The van der Waals surface area contributed by atoms with E-state index in [4.69, 9.17) is 0 Å². The molecule has 0 aromatic rings. The van der Waals surface area contributed by atoms with Gasteiger partial charge >= 0.3 is 0 Å². The van der Waals surface area contributed by atoms with Gasteiger partial charge in [0.25, 0.3) is 11.8 Å². The summed E-state index contributed by atoms with van der Waals surface area (Å²) in [6.45, 7) is 3.82. The van der Waals surface area contributed by atoms with Crippen LogP contribution in [0.15, 0.2) is 0 Å². The SMILES string of the molecule is CNC1(C)C(=O)N2CC(C)C(C=O)N2C1=O. The van der Waals surface area contributed by atoms with E-state index in [1.165, 1.54) is 10.0 Å². The molecule has 0 aromatic heterocycles. The molecule has 2 rings (SSSR count). The zero-order chi connectivity index (χ0) is 12.1. The molecule has 0 aromatic carbocycles. The molecule has 6 nitrogen and oxygen atoms in total. The van der Waals surface area contributed by atoms with Gasteiger partial charge in [-0.2, -0.15) is 0 Å². The van der Waals surface area contributed by atoms with E-state index < -0.39 is 11.6 Å². The minimum atomic E-state index is -1.22. The lowest BCUT2D eigenvalue weighted by Crippen LogP contribution is -2.53. The van der Waals surface area contributed by atoms with Crippen molar-refractivity contribution in [3.05, 3.63) is 0 Å². The average Bonchev–Trinajstić information content (AvgIpc) is 2.69. The summed E-state index contributed by atoms with van der Waals surface area (Å²) in [5, 5.41) is 5.40. The molecule has 2 fully saturated rings. The van der Waals surface area contributed by atoms with Crippen molar-refractivity contribution in [2.24, 2.45) is 5.92 Å². The van der Waals surface area contributed by atoms with Crippen LogP contribution in [0.3, 0.4) is 0 Å². The van der Waals surface area contributed by atoms with Crippen molar-refractivity contribution in [3.63, 3.8) is 0 Å². The summed E-state index contributed by atoms with van der Waals surface area (Å²) in [7, 11) is 1.57. The molecule has 88 valence electrons. The second-order valence-corrected chi connectivity index (χ2v) is 4.52. The van der Waals surface area contributed by atoms with Gasteiger partial charge in [0.1, 0.15) is 12.3 Å². The van der Waals surface area contributed by atoms with Gasteiger partial charge in [0, 0.05) is 12.5 Å². The Hall–Kier alpha value is -1.43. The molecule has 6 heteroatoms. The fourth-order valence-corrected chi connectivity index (χ4v) is 2.28. The summed E-state index contributed by atoms with van der Waals surface area (Å²) in [4.78, 5) is 35.1. The van der Waals surface area contributed by atoms with E-state index in [9.17, 15) is 14.4 Å². The number of nitrogens with one attached hydrogen (secondary N) is 1. The molecule has 0 spiro atoms. The molecule has 3 atom stereocenters. The maximum Gasteiger partial charge on any atom is 0.271 e. The van der Waals surface area contributed by atoms with E-state index in [0.717, 1.165) is 6.29 Å². The summed E-state index contributed by atoms with van der Waals surface area (Å²) in [6, 6.07) is -0.522. The quantitative estimate of drug-likeness (QED) is 0.472. The zero-order valence-electron chi connectivity index (χ0n) is 9.56. The Kier molecular flexibility index (Phi) is 2.27. The number of aldehydes is 1. The summed E-state index contributed by atoms with van der Waals surface area (Å²) < 4.78 is 0. The number of amides is 2. The van der Waals surface area contributed by atoms with Crippen molar-refractivity contribution in [3.8, 4) is 0 Å². The Balaban J connectivity index is 2.41. The fraction of sp³-hybridized carbons (Fsp3) is 0.700. The van der Waals surface area contributed by atoms with Crippen LogP contribution in [0.2, 0.25) is 0 Å². The number of hydrogen-bond donors (Lipinski definition) is 1. The predicted molar refractivity (Wildman–Crippen MR) is 55.0 cm³/mol. The van der Waals surface area contributed by atoms with Crippen LogP contribution in [0.4, 0.5) is 0 Å². The van der Waals surface area contributed by atoms with E-state index in [-0.39, 0.29) is 17.7 Å². The number of nitrogens with zero attached hydrogens (tertiary/aromatic N) is 2. The van der Waals surface area contributed by atoms with Gasteiger partial charge in [-0.05, 0) is 14.0 Å². The Bertz CT molecular complexity index is 370. The minimum Gasteiger partial charge on any atom is -0.301 e. The Morgan fingerprint density at radius 2 is 2.06 bits per heavy atom. The van der Waals surface area contributed by atoms with Crippen LogP contribution in [-0.2, 0) is 14.4 Å². The van der Waals surface area contributed by atoms with Crippen LogP contribution in [-0.4, -0.2) is 53.3 Å². The number of likely N-dealkylation sites (N-methyl/N-ethyl adjacent to an activating group) is 1. The Labute approximate surface area is 93.5 Å². The first-order chi connectivity index (χ1) is 7.47. The van der Waals surface area contributed by atoms with E-state index in [0.29, 0.717) is 6.54 Å². The summed E-state index contributed by atoms with van der Waals surface area (Å²) >= 11 is 0. The Morgan fingerprint density at radius 1 is 1.44 bits per heavy atom. The van der Waals surface area contributed by atoms with E-state index in [1.807, 2.05) is 6.92 Å². The molecular formula is C10H15N3O3. The van der Waals surface area contributed by atoms with Crippen molar-refractivity contribution in [1.29, 1.82) is 0 Å². The van der Waals surface area contributed by atoms with Gasteiger partial charge in [-0.15, -0.1) is 0 Å². The molecular weight excluding hydrogens is 210 g/mol. The molecule has 2 aliphatic rings. The molecule has 16 heavy (non-hydrogen) atoms. The van der Waals surface area contributed by atoms with Gasteiger partial charge in [0.15, 0.2) is 5.54 Å². The molecule has 2 heterocycles. The van der Waals surface area contributed by atoms with Gasteiger partial charge in [0.2, 0.25) is 0 Å². The lowest BCUT2D eigenvalue weighted by Gasteiger charge is -2.22. The summed E-state index contributed by atoms with van der Waals surface area (Å²) in [5.41, 5.74) is -1.22. The van der Waals surface area contributed by atoms with Crippen molar-refractivity contribution < 1.29 is 14.4 Å². The van der Waals surface area contributed by atoms with Crippen LogP contribution in [0.5, 0.6) is 0 Å². The average molecular weight is 225 g/mol. The van der Waals surface area contributed by atoms with Crippen molar-refractivity contribution in [2.75, 3.05) is 13.6 Å². The predicted octanol–water partition coefficient (Wildman–Crippen LogP) is -1.23. The zero-order valence-corrected chi connectivity index (χ0v) is 9.56.